The van der Waals surface area contributed by atoms with E-state index < -0.39 is 30.0 Å². The van der Waals surface area contributed by atoms with E-state index in [2.05, 4.69) is 10.3 Å². The zero-order chi connectivity index (χ0) is 22.7. The van der Waals surface area contributed by atoms with Gasteiger partial charge >= 0.3 is 6.18 Å². The SMILES string of the molecule is O=C(COc1ccccc1C(F)(F)F)Nc1ccc2c(c1)CCN2C(=O)c1cccnc1. The number of rotatable bonds is 5. The summed E-state index contributed by atoms with van der Waals surface area (Å²) in [6, 6.07) is 13.2. The van der Waals surface area contributed by atoms with Gasteiger partial charge in [0, 0.05) is 30.3 Å². The number of nitrogens with one attached hydrogen (secondary N) is 1. The summed E-state index contributed by atoms with van der Waals surface area (Å²) in [6.45, 7) is -0.0758. The van der Waals surface area contributed by atoms with Gasteiger partial charge in [-0.05, 0) is 54.4 Å². The van der Waals surface area contributed by atoms with E-state index >= 15 is 0 Å². The van der Waals surface area contributed by atoms with Crippen LogP contribution in [0, 0.1) is 0 Å². The molecule has 32 heavy (non-hydrogen) atoms. The summed E-state index contributed by atoms with van der Waals surface area (Å²) < 4.78 is 44.2. The van der Waals surface area contributed by atoms with Crippen LogP contribution in [0.1, 0.15) is 21.5 Å². The number of halogens is 3. The number of para-hydroxylation sites is 1. The maximum Gasteiger partial charge on any atom is 0.419 e. The van der Waals surface area contributed by atoms with Crippen LogP contribution >= 0.6 is 0 Å². The topological polar surface area (TPSA) is 71.5 Å². The number of pyridine rings is 1. The molecule has 2 amide bonds. The van der Waals surface area contributed by atoms with Gasteiger partial charge in [0.05, 0.1) is 11.1 Å². The first-order valence-electron chi connectivity index (χ1n) is 9.76. The molecule has 0 saturated heterocycles. The highest BCUT2D eigenvalue weighted by atomic mass is 19.4. The lowest BCUT2D eigenvalue weighted by atomic mass is 10.1. The molecule has 0 bridgehead atoms. The molecular formula is C23H18F3N3O3. The van der Waals surface area contributed by atoms with Gasteiger partial charge in [0.2, 0.25) is 0 Å². The third kappa shape index (κ3) is 4.56. The van der Waals surface area contributed by atoms with Crippen LogP contribution < -0.4 is 15.0 Å². The van der Waals surface area contributed by atoms with Crippen LogP contribution in [-0.2, 0) is 17.4 Å². The maximum absolute atomic E-state index is 13.0. The lowest BCUT2D eigenvalue weighted by molar-refractivity contribution is -0.139. The Kier molecular flexibility index (Phi) is 5.81. The molecule has 2 heterocycles. The number of ether oxygens (including phenoxy) is 1. The van der Waals surface area contributed by atoms with Crippen LogP contribution in [0.3, 0.4) is 0 Å². The van der Waals surface area contributed by atoms with Crippen LogP contribution in [0.4, 0.5) is 24.5 Å². The summed E-state index contributed by atoms with van der Waals surface area (Å²) >= 11 is 0. The molecule has 9 heteroatoms. The van der Waals surface area contributed by atoms with E-state index in [4.69, 9.17) is 4.74 Å². The van der Waals surface area contributed by atoms with E-state index in [0.29, 0.717) is 24.2 Å². The summed E-state index contributed by atoms with van der Waals surface area (Å²) in [5.74, 6) is -1.16. The van der Waals surface area contributed by atoms with Crippen molar-refractivity contribution in [2.45, 2.75) is 12.6 Å². The third-order valence-electron chi connectivity index (χ3n) is 4.96. The average Bonchev–Trinajstić information content (AvgIpc) is 3.20. The van der Waals surface area contributed by atoms with Gasteiger partial charge in [0.15, 0.2) is 6.61 Å². The highest BCUT2D eigenvalue weighted by molar-refractivity contribution is 6.07. The molecule has 3 aromatic rings. The highest BCUT2D eigenvalue weighted by Crippen LogP contribution is 2.36. The number of aromatic nitrogens is 1. The zero-order valence-electron chi connectivity index (χ0n) is 16.7. The Morgan fingerprint density at radius 2 is 1.91 bits per heavy atom. The molecule has 1 aliphatic rings. The van der Waals surface area contributed by atoms with Crippen molar-refractivity contribution in [1.29, 1.82) is 0 Å². The molecular weight excluding hydrogens is 423 g/mol. The monoisotopic (exact) mass is 441 g/mol. The molecule has 4 rings (SSSR count). The Balaban J connectivity index is 1.40. The minimum Gasteiger partial charge on any atom is -0.483 e. The second-order valence-electron chi connectivity index (χ2n) is 7.12. The van der Waals surface area contributed by atoms with E-state index in [0.717, 1.165) is 17.3 Å². The normalized spacial score (nSPS) is 12.9. The molecule has 0 radical (unpaired) electrons. The predicted octanol–water partition coefficient (Wildman–Crippen LogP) is 4.32. The second kappa shape index (κ2) is 8.70. The fraction of sp³-hybridized carbons (Fsp3) is 0.174. The zero-order valence-corrected chi connectivity index (χ0v) is 16.7. The van der Waals surface area contributed by atoms with Crippen LogP contribution in [0.5, 0.6) is 5.75 Å². The van der Waals surface area contributed by atoms with Crippen LogP contribution in [0.2, 0.25) is 0 Å². The van der Waals surface area contributed by atoms with Gasteiger partial charge in [-0.2, -0.15) is 13.2 Å². The molecule has 0 fully saturated rings. The summed E-state index contributed by atoms with van der Waals surface area (Å²) in [5.41, 5.74) is 1.63. The number of hydrogen-bond acceptors (Lipinski definition) is 4. The summed E-state index contributed by atoms with van der Waals surface area (Å²) in [6.07, 6.45) is -0.867. The Bertz CT molecular complexity index is 1150. The summed E-state index contributed by atoms with van der Waals surface area (Å²) in [4.78, 5) is 30.5. The Morgan fingerprint density at radius 3 is 2.66 bits per heavy atom. The van der Waals surface area contributed by atoms with Crippen molar-refractivity contribution in [3.8, 4) is 5.75 Å². The molecule has 0 saturated carbocycles. The molecule has 6 nitrogen and oxygen atoms in total. The first kappa shape index (κ1) is 21.4. The first-order chi connectivity index (χ1) is 15.3. The number of alkyl halides is 3. The number of anilines is 2. The van der Waals surface area contributed by atoms with Gasteiger partial charge in [-0.1, -0.05) is 12.1 Å². The van der Waals surface area contributed by atoms with Crippen molar-refractivity contribution in [2.75, 3.05) is 23.4 Å². The van der Waals surface area contributed by atoms with Gasteiger partial charge in [-0.15, -0.1) is 0 Å². The number of fused-ring (bicyclic) bond motifs is 1. The van der Waals surface area contributed by atoms with E-state index in [1.54, 1.807) is 41.4 Å². The number of benzene rings is 2. The maximum atomic E-state index is 13.0. The van der Waals surface area contributed by atoms with Crippen LogP contribution in [-0.4, -0.2) is 29.9 Å². The van der Waals surface area contributed by atoms with E-state index in [1.165, 1.54) is 24.4 Å². The highest BCUT2D eigenvalue weighted by Gasteiger charge is 2.34. The molecule has 0 unspecified atom stereocenters. The van der Waals surface area contributed by atoms with Crippen LogP contribution in [0.25, 0.3) is 0 Å². The minimum atomic E-state index is -4.58. The molecule has 0 atom stereocenters. The second-order valence-corrected chi connectivity index (χ2v) is 7.12. The minimum absolute atomic E-state index is 0.162. The predicted molar refractivity (Wildman–Crippen MR) is 112 cm³/mol. The van der Waals surface area contributed by atoms with Gasteiger partial charge in [-0.25, -0.2) is 0 Å². The number of nitrogens with zero attached hydrogens (tertiary/aromatic N) is 2. The third-order valence-corrected chi connectivity index (χ3v) is 4.96. The molecule has 1 aliphatic heterocycles. The standard InChI is InChI=1S/C23H18F3N3O3/c24-23(25,26)18-5-1-2-6-20(18)32-14-21(30)28-17-7-8-19-15(12-17)9-11-29(19)22(31)16-4-3-10-27-13-16/h1-8,10,12-13H,9,11,14H2,(H,28,30). The van der Waals surface area contributed by atoms with Crippen molar-refractivity contribution in [1.82, 2.24) is 4.98 Å². The van der Waals surface area contributed by atoms with Gasteiger partial charge in [-0.3, -0.25) is 14.6 Å². The van der Waals surface area contributed by atoms with Crippen molar-refractivity contribution in [3.63, 3.8) is 0 Å². The molecule has 164 valence electrons. The van der Waals surface area contributed by atoms with Gasteiger partial charge in [0.25, 0.3) is 11.8 Å². The molecule has 0 spiro atoms. The molecule has 1 N–H and O–H groups in total. The number of amides is 2. The number of carbonyl (C=O) groups excluding carboxylic acids is 2. The Morgan fingerprint density at radius 1 is 1.09 bits per heavy atom. The molecule has 0 aliphatic carbocycles. The largest absolute Gasteiger partial charge is 0.483 e. The lowest BCUT2D eigenvalue weighted by Crippen LogP contribution is -2.28. The average molecular weight is 441 g/mol. The van der Waals surface area contributed by atoms with Crippen molar-refractivity contribution >= 4 is 23.2 Å². The fourth-order valence-electron chi connectivity index (χ4n) is 3.50. The van der Waals surface area contributed by atoms with Crippen molar-refractivity contribution in [2.24, 2.45) is 0 Å². The van der Waals surface area contributed by atoms with E-state index in [9.17, 15) is 22.8 Å². The van der Waals surface area contributed by atoms with E-state index in [1.807, 2.05) is 0 Å². The van der Waals surface area contributed by atoms with Crippen LogP contribution in [0.15, 0.2) is 67.0 Å². The number of hydrogen-bond donors (Lipinski definition) is 1. The van der Waals surface area contributed by atoms with E-state index in [-0.39, 0.29) is 5.91 Å². The quantitative estimate of drug-likeness (QED) is 0.640. The van der Waals surface area contributed by atoms with Crippen molar-refractivity contribution in [3.05, 3.63) is 83.7 Å². The first-order valence-corrected chi connectivity index (χ1v) is 9.76. The smallest absolute Gasteiger partial charge is 0.419 e. The lowest BCUT2D eigenvalue weighted by Gasteiger charge is -2.17. The summed E-state index contributed by atoms with van der Waals surface area (Å²) in [7, 11) is 0. The van der Waals surface area contributed by atoms with Gasteiger partial charge < -0.3 is 15.0 Å². The van der Waals surface area contributed by atoms with Gasteiger partial charge in [0.1, 0.15) is 5.75 Å². The molecule has 1 aromatic heterocycles. The Hall–Kier alpha value is -3.88. The summed E-state index contributed by atoms with van der Waals surface area (Å²) in [5, 5.41) is 2.62. The number of carbonyl (C=O) groups is 2. The fourth-order valence-corrected chi connectivity index (χ4v) is 3.50. The Labute approximate surface area is 181 Å². The van der Waals surface area contributed by atoms with Crippen molar-refractivity contribution < 1.29 is 27.5 Å². The molecule has 2 aromatic carbocycles.